The zero-order valence-electron chi connectivity index (χ0n) is 13.4. The van der Waals surface area contributed by atoms with Gasteiger partial charge in [-0.15, -0.1) is 0 Å². The summed E-state index contributed by atoms with van der Waals surface area (Å²) in [6, 6.07) is 15.5. The van der Waals surface area contributed by atoms with Gasteiger partial charge in [-0.2, -0.15) is 5.26 Å². The van der Waals surface area contributed by atoms with Crippen LogP contribution in [-0.2, 0) is 17.8 Å². The number of benzene rings is 1. The molecule has 1 aliphatic rings. The fourth-order valence-corrected chi connectivity index (χ4v) is 2.88. The molecule has 0 unspecified atom stereocenters. The van der Waals surface area contributed by atoms with Crippen LogP contribution in [0.5, 0.6) is 5.75 Å². The molecule has 0 saturated heterocycles. The lowest BCUT2D eigenvalue weighted by atomic mass is 9.95. The molecule has 1 aromatic carbocycles. The number of carbonyl (C=O) groups excluding carboxylic acids is 1. The van der Waals surface area contributed by atoms with Gasteiger partial charge >= 0.3 is 0 Å². The van der Waals surface area contributed by atoms with E-state index in [9.17, 15) is 4.79 Å². The zero-order chi connectivity index (χ0) is 16.8. The molecule has 1 amide bonds. The molecule has 0 aliphatic carbocycles. The molecular weight excluding hydrogens is 302 g/mol. The Morgan fingerprint density at radius 1 is 1.29 bits per heavy atom. The lowest BCUT2D eigenvalue weighted by Crippen LogP contribution is -2.41. The van der Waals surface area contributed by atoms with Crippen molar-refractivity contribution >= 4 is 5.91 Å². The van der Waals surface area contributed by atoms with Gasteiger partial charge in [0.15, 0.2) is 0 Å². The van der Waals surface area contributed by atoms with Crippen LogP contribution >= 0.6 is 0 Å². The second kappa shape index (κ2) is 7.60. The largest absolute Gasteiger partial charge is 0.492 e. The summed E-state index contributed by atoms with van der Waals surface area (Å²) in [5, 5.41) is 8.88. The lowest BCUT2D eigenvalue weighted by Gasteiger charge is -2.30. The van der Waals surface area contributed by atoms with Crippen LogP contribution < -0.4 is 4.74 Å². The topological polar surface area (TPSA) is 66.2 Å². The minimum absolute atomic E-state index is 0.0189. The van der Waals surface area contributed by atoms with Crippen molar-refractivity contribution in [3.63, 3.8) is 0 Å². The van der Waals surface area contributed by atoms with Gasteiger partial charge in [-0.25, -0.2) is 0 Å². The Morgan fingerprint density at radius 3 is 2.92 bits per heavy atom. The van der Waals surface area contributed by atoms with Crippen molar-refractivity contribution in [3.8, 4) is 11.8 Å². The number of pyridine rings is 1. The Kier molecular flexibility index (Phi) is 5.07. The fraction of sp³-hybridized carbons (Fsp3) is 0.316. The van der Waals surface area contributed by atoms with Crippen LogP contribution in [0, 0.1) is 17.2 Å². The van der Waals surface area contributed by atoms with Crippen molar-refractivity contribution in [1.82, 2.24) is 9.88 Å². The molecule has 1 aliphatic heterocycles. The van der Waals surface area contributed by atoms with Crippen LogP contribution in [0.15, 0.2) is 48.7 Å². The van der Waals surface area contributed by atoms with Gasteiger partial charge in [-0.05, 0) is 30.2 Å². The molecule has 0 N–H and O–H groups in total. The Labute approximate surface area is 141 Å². The minimum Gasteiger partial charge on any atom is -0.492 e. The number of fused-ring (bicyclic) bond motifs is 1. The average Bonchev–Trinajstić information content (AvgIpc) is 2.65. The van der Waals surface area contributed by atoms with E-state index < -0.39 is 0 Å². The van der Waals surface area contributed by atoms with Crippen molar-refractivity contribution in [2.75, 3.05) is 13.2 Å². The van der Waals surface area contributed by atoms with Crippen molar-refractivity contribution in [1.29, 1.82) is 5.26 Å². The maximum absolute atomic E-state index is 12.9. The van der Waals surface area contributed by atoms with Crippen LogP contribution in [0.4, 0.5) is 0 Å². The highest BCUT2D eigenvalue weighted by molar-refractivity contribution is 5.79. The van der Waals surface area contributed by atoms with E-state index in [2.05, 4.69) is 11.1 Å². The number of rotatable bonds is 5. The van der Waals surface area contributed by atoms with Crippen LogP contribution in [-0.4, -0.2) is 28.9 Å². The van der Waals surface area contributed by atoms with Gasteiger partial charge in [0.1, 0.15) is 12.4 Å². The summed E-state index contributed by atoms with van der Waals surface area (Å²) in [7, 11) is 0. The van der Waals surface area contributed by atoms with Crippen LogP contribution in [0.3, 0.4) is 0 Å². The normalized spacial score (nSPS) is 15.7. The number of aromatic nitrogens is 1. The molecule has 2 aromatic rings. The molecular formula is C19H19N3O2. The molecule has 0 saturated carbocycles. The molecule has 5 heteroatoms. The van der Waals surface area contributed by atoms with Crippen molar-refractivity contribution < 1.29 is 9.53 Å². The number of amides is 1. The minimum atomic E-state index is -0.220. The Morgan fingerprint density at radius 2 is 2.12 bits per heavy atom. The van der Waals surface area contributed by atoms with E-state index in [-0.39, 0.29) is 11.8 Å². The first-order chi connectivity index (χ1) is 11.8. The molecule has 3 rings (SSSR count). The predicted octanol–water partition coefficient (Wildman–Crippen LogP) is 2.58. The van der Waals surface area contributed by atoms with Crippen molar-refractivity contribution in [2.24, 2.45) is 5.92 Å². The van der Waals surface area contributed by atoms with Crippen LogP contribution in [0.1, 0.15) is 17.7 Å². The number of hydrogen-bond acceptors (Lipinski definition) is 4. The predicted molar refractivity (Wildman–Crippen MR) is 89.0 cm³/mol. The molecule has 5 nitrogen and oxygen atoms in total. The van der Waals surface area contributed by atoms with E-state index in [1.807, 2.05) is 42.5 Å². The standard InChI is InChI=1S/C19H19N3O2/c20-9-5-11-22(13-17-7-3-4-10-21-17)19(23)16-12-15-6-1-2-8-18(15)24-14-16/h1-4,6-8,10,16H,5,11-14H2/t16-/m0/s1. The van der Waals surface area contributed by atoms with E-state index in [1.54, 1.807) is 11.1 Å². The second-order valence-electron chi connectivity index (χ2n) is 5.81. The van der Waals surface area contributed by atoms with E-state index in [1.165, 1.54) is 0 Å². The highest BCUT2D eigenvalue weighted by Gasteiger charge is 2.29. The quantitative estimate of drug-likeness (QED) is 0.849. The third-order valence-electron chi connectivity index (χ3n) is 4.11. The van der Waals surface area contributed by atoms with Gasteiger partial charge in [-0.1, -0.05) is 24.3 Å². The SMILES string of the molecule is N#CCCN(Cc1ccccn1)C(=O)[C@@H]1COc2ccccc2C1. The Bertz CT molecular complexity index is 740. The molecule has 0 fully saturated rings. The van der Waals surface area contributed by atoms with Crippen molar-refractivity contribution in [2.45, 2.75) is 19.4 Å². The van der Waals surface area contributed by atoms with Crippen LogP contribution in [0.2, 0.25) is 0 Å². The number of nitrogens with zero attached hydrogens (tertiary/aromatic N) is 3. The number of hydrogen-bond donors (Lipinski definition) is 0. The summed E-state index contributed by atoms with van der Waals surface area (Å²) in [5.41, 5.74) is 1.88. The summed E-state index contributed by atoms with van der Waals surface area (Å²) in [4.78, 5) is 18.9. The van der Waals surface area contributed by atoms with Gasteiger partial charge in [-0.3, -0.25) is 9.78 Å². The highest BCUT2D eigenvalue weighted by Crippen LogP contribution is 2.28. The monoisotopic (exact) mass is 321 g/mol. The first-order valence-corrected chi connectivity index (χ1v) is 8.04. The molecule has 0 bridgehead atoms. The van der Waals surface area contributed by atoms with Gasteiger partial charge in [0.05, 0.1) is 30.6 Å². The fourth-order valence-electron chi connectivity index (χ4n) is 2.88. The Hall–Kier alpha value is -2.87. The molecule has 24 heavy (non-hydrogen) atoms. The molecule has 2 heterocycles. The molecule has 1 atom stereocenters. The van der Waals surface area contributed by atoms with Crippen molar-refractivity contribution in [3.05, 3.63) is 59.9 Å². The summed E-state index contributed by atoms with van der Waals surface area (Å²) < 4.78 is 5.73. The number of nitriles is 1. The van der Waals surface area contributed by atoms with E-state index in [4.69, 9.17) is 10.00 Å². The maximum atomic E-state index is 12.9. The summed E-state index contributed by atoms with van der Waals surface area (Å²) in [6.07, 6.45) is 2.69. The smallest absolute Gasteiger partial charge is 0.229 e. The number of ether oxygens (including phenoxy) is 1. The highest BCUT2D eigenvalue weighted by atomic mass is 16.5. The third kappa shape index (κ3) is 3.72. The first-order valence-electron chi connectivity index (χ1n) is 8.04. The summed E-state index contributed by atoms with van der Waals surface area (Å²) in [5.74, 6) is 0.655. The average molecular weight is 321 g/mol. The molecule has 0 radical (unpaired) electrons. The molecule has 1 aromatic heterocycles. The van der Waals surface area contributed by atoms with E-state index in [0.29, 0.717) is 32.5 Å². The first kappa shape index (κ1) is 16.0. The molecule has 0 spiro atoms. The second-order valence-corrected chi connectivity index (χ2v) is 5.81. The van der Waals surface area contributed by atoms with Gasteiger partial charge in [0, 0.05) is 12.7 Å². The van der Waals surface area contributed by atoms with Gasteiger partial charge < -0.3 is 9.64 Å². The number of carbonyl (C=O) groups is 1. The molecule has 122 valence electrons. The summed E-state index contributed by atoms with van der Waals surface area (Å²) >= 11 is 0. The van der Waals surface area contributed by atoms with E-state index >= 15 is 0 Å². The van der Waals surface area contributed by atoms with Gasteiger partial charge in [0.2, 0.25) is 5.91 Å². The third-order valence-corrected chi connectivity index (χ3v) is 4.11. The maximum Gasteiger partial charge on any atom is 0.229 e. The zero-order valence-corrected chi connectivity index (χ0v) is 13.4. The number of para-hydroxylation sites is 1. The lowest BCUT2D eigenvalue weighted by molar-refractivity contribution is -0.137. The van der Waals surface area contributed by atoms with Crippen LogP contribution in [0.25, 0.3) is 0 Å². The summed E-state index contributed by atoms with van der Waals surface area (Å²) in [6.45, 7) is 1.20. The van der Waals surface area contributed by atoms with E-state index in [0.717, 1.165) is 17.0 Å². The van der Waals surface area contributed by atoms with Gasteiger partial charge in [0.25, 0.3) is 0 Å². The Balaban J connectivity index is 1.73.